The molecule has 0 radical (unpaired) electrons. The molecule has 15 heavy (non-hydrogen) atoms. The van der Waals surface area contributed by atoms with E-state index in [4.69, 9.17) is 9.84 Å². The Morgan fingerprint density at radius 2 is 2.27 bits per heavy atom. The Hall–Kier alpha value is -0.810. The highest BCUT2D eigenvalue weighted by Gasteiger charge is 2.28. The molecular weight excluding hydrogens is 196 g/mol. The Balaban J connectivity index is 2.37. The van der Waals surface area contributed by atoms with Gasteiger partial charge in [0.2, 0.25) is 0 Å². The molecule has 3 N–H and O–H groups in total. The Kier molecular flexibility index (Phi) is 3.93. The second-order valence-electron chi connectivity index (χ2n) is 4.78. The number of amides is 1. The fraction of sp³-hybridized carbons (Fsp3) is 0.900. The number of rotatable bonds is 2. The van der Waals surface area contributed by atoms with Crippen LogP contribution in [0.5, 0.6) is 0 Å². The van der Waals surface area contributed by atoms with E-state index in [1.54, 1.807) is 0 Å². The van der Waals surface area contributed by atoms with Crippen molar-refractivity contribution >= 4 is 6.09 Å². The first kappa shape index (κ1) is 12.3. The molecule has 1 aliphatic rings. The first-order valence-corrected chi connectivity index (χ1v) is 5.26. The minimum absolute atomic E-state index is 0.0282. The third-order valence-corrected chi connectivity index (χ3v) is 2.25. The van der Waals surface area contributed by atoms with Crippen molar-refractivity contribution in [2.24, 2.45) is 0 Å². The molecule has 5 heteroatoms. The van der Waals surface area contributed by atoms with Gasteiger partial charge in [-0.1, -0.05) is 0 Å². The zero-order chi connectivity index (χ0) is 11.5. The lowest BCUT2D eigenvalue weighted by Gasteiger charge is -2.23. The molecule has 1 amide bonds. The summed E-state index contributed by atoms with van der Waals surface area (Å²) in [5.41, 5.74) is -0.481. The van der Waals surface area contributed by atoms with E-state index in [1.807, 2.05) is 20.8 Å². The van der Waals surface area contributed by atoms with Crippen molar-refractivity contribution in [2.75, 3.05) is 13.2 Å². The van der Waals surface area contributed by atoms with E-state index in [0.717, 1.165) is 13.0 Å². The van der Waals surface area contributed by atoms with E-state index in [9.17, 15) is 4.79 Å². The van der Waals surface area contributed by atoms with Crippen molar-refractivity contribution in [1.82, 2.24) is 10.6 Å². The maximum Gasteiger partial charge on any atom is 0.407 e. The zero-order valence-corrected chi connectivity index (χ0v) is 9.54. The Morgan fingerprint density at radius 1 is 1.60 bits per heavy atom. The van der Waals surface area contributed by atoms with Gasteiger partial charge >= 0.3 is 6.09 Å². The van der Waals surface area contributed by atoms with E-state index in [-0.39, 0.29) is 18.7 Å². The number of carbonyl (C=O) groups is 1. The van der Waals surface area contributed by atoms with Crippen LogP contribution in [0.1, 0.15) is 27.2 Å². The first-order chi connectivity index (χ1) is 6.92. The van der Waals surface area contributed by atoms with Crippen LogP contribution >= 0.6 is 0 Å². The minimum atomic E-state index is -0.481. The standard InChI is InChI=1S/C10H20N2O3/c1-10(2,3)15-9(14)12-7-4-5-11-8(7)6-13/h7-8,11,13H,4-6H2,1-3H3,(H,12,14)/t7-,8?/m1/s1. The van der Waals surface area contributed by atoms with Gasteiger partial charge in [0.1, 0.15) is 5.60 Å². The van der Waals surface area contributed by atoms with Crippen LogP contribution in [0.3, 0.4) is 0 Å². The molecule has 1 fully saturated rings. The van der Waals surface area contributed by atoms with Crippen molar-refractivity contribution in [3.63, 3.8) is 0 Å². The number of hydrogen-bond donors (Lipinski definition) is 3. The highest BCUT2D eigenvalue weighted by molar-refractivity contribution is 5.68. The number of ether oxygens (including phenoxy) is 1. The topological polar surface area (TPSA) is 70.6 Å². The highest BCUT2D eigenvalue weighted by atomic mass is 16.6. The molecule has 0 aromatic carbocycles. The summed E-state index contributed by atoms with van der Waals surface area (Å²) in [6.45, 7) is 6.31. The average Bonchev–Trinajstić information content (AvgIpc) is 2.48. The monoisotopic (exact) mass is 216 g/mol. The Labute approximate surface area is 90.2 Å². The van der Waals surface area contributed by atoms with Gasteiger partial charge in [0, 0.05) is 0 Å². The molecule has 88 valence electrons. The molecule has 1 saturated heterocycles. The molecule has 1 rings (SSSR count). The van der Waals surface area contributed by atoms with Gasteiger partial charge in [0.05, 0.1) is 18.7 Å². The largest absolute Gasteiger partial charge is 0.444 e. The summed E-state index contributed by atoms with van der Waals surface area (Å²) >= 11 is 0. The van der Waals surface area contributed by atoms with E-state index < -0.39 is 11.7 Å². The summed E-state index contributed by atoms with van der Waals surface area (Å²) in [5.74, 6) is 0. The van der Waals surface area contributed by atoms with Gasteiger partial charge in [-0.15, -0.1) is 0 Å². The molecule has 0 saturated carbocycles. The fourth-order valence-corrected chi connectivity index (χ4v) is 1.59. The molecule has 5 nitrogen and oxygen atoms in total. The smallest absolute Gasteiger partial charge is 0.407 e. The number of nitrogens with one attached hydrogen (secondary N) is 2. The summed E-state index contributed by atoms with van der Waals surface area (Å²) < 4.78 is 5.13. The fourth-order valence-electron chi connectivity index (χ4n) is 1.59. The molecule has 1 unspecified atom stereocenters. The van der Waals surface area contributed by atoms with E-state index >= 15 is 0 Å². The SMILES string of the molecule is CC(C)(C)OC(=O)N[C@@H]1CCNC1CO. The molecule has 0 aliphatic carbocycles. The zero-order valence-electron chi connectivity index (χ0n) is 9.54. The van der Waals surface area contributed by atoms with Gasteiger partial charge in [-0.05, 0) is 33.7 Å². The predicted molar refractivity (Wildman–Crippen MR) is 56.7 cm³/mol. The third kappa shape index (κ3) is 4.05. The summed E-state index contributed by atoms with van der Waals surface area (Å²) in [5, 5.41) is 14.9. The Bertz CT molecular complexity index is 225. The number of aliphatic hydroxyl groups excluding tert-OH is 1. The van der Waals surface area contributed by atoms with Gasteiger partial charge in [0.15, 0.2) is 0 Å². The predicted octanol–water partition coefficient (Wildman–Crippen LogP) is 0.234. The van der Waals surface area contributed by atoms with Crippen LogP contribution in [0.2, 0.25) is 0 Å². The number of aliphatic hydroxyl groups is 1. The molecule has 2 atom stereocenters. The molecule has 1 aliphatic heterocycles. The Morgan fingerprint density at radius 3 is 2.80 bits per heavy atom. The molecule has 0 spiro atoms. The van der Waals surface area contributed by atoms with Crippen LogP contribution in [0.15, 0.2) is 0 Å². The molecule has 1 heterocycles. The van der Waals surface area contributed by atoms with Gasteiger partial charge in [-0.2, -0.15) is 0 Å². The first-order valence-electron chi connectivity index (χ1n) is 5.26. The summed E-state index contributed by atoms with van der Waals surface area (Å²) in [6.07, 6.45) is 0.402. The van der Waals surface area contributed by atoms with Crippen molar-refractivity contribution in [3.05, 3.63) is 0 Å². The van der Waals surface area contributed by atoms with Crippen LogP contribution in [0.25, 0.3) is 0 Å². The van der Waals surface area contributed by atoms with E-state index in [2.05, 4.69) is 10.6 Å². The quantitative estimate of drug-likeness (QED) is 0.618. The molecule has 0 aromatic heterocycles. The van der Waals surface area contributed by atoms with Crippen molar-refractivity contribution in [1.29, 1.82) is 0 Å². The molecular formula is C10H20N2O3. The van der Waals surface area contributed by atoms with Crippen molar-refractivity contribution < 1.29 is 14.6 Å². The summed E-state index contributed by atoms with van der Waals surface area (Å²) in [4.78, 5) is 11.4. The van der Waals surface area contributed by atoms with Gasteiger partial charge < -0.3 is 20.5 Å². The van der Waals surface area contributed by atoms with Crippen molar-refractivity contribution in [2.45, 2.75) is 44.9 Å². The number of carbonyl (C=O) groups excluding carboxylic acids is 1. The summed E-state index contributed by atoms with van der Waals surface area (Å²) in [7, 11) is 0. The summed E-state index contributed by atoms with van der Waals surface area (Å²) in [6, 6.07) is -0.0950. The third-order valence-electron chi connectivity index (χ3n) is 2.25. The second kappa shape index (κ2) is 4.81. The minimum Gasteiger partial charge on any atom is -0.444 e. The van der Waals surface area contributed by atoms with Crippen LogP contribution in [0.4, 0.5) is 4.79 Å². The van der Waals surface area contributed by atoms with Gasteiger partial charge in [-0.25, -0.2) is 4.79 Å². The number of hydrogen-bond acceptors (Lipinski definition) is 4. The highest BCUT2D eigenvalue weighted by Crippen LogP contribution is 2.10. The van der Waals surface area contributed by atoms with Gasteiger partial charge in [-0.3, -0.25) is 0 Å². The average molecular weight is 216 g/mol. The molecule has 0 bridgehead atoms. The van der Waals surface area contributed by atoms with Crippen molar-refractivity contribution in [3.8, 4) is 0 Å². The maximum atomic E-state index is 11.4. The lowest BCUT2D eigenvalue weighted by Crippen LogP contribution is -2.46. The van der Waals surface area contributed by atoms with Crippen LogP contribution in [-0.4, -0.2) is 42.0 Å². The normalized spacial score (nSPS) is 26.4. The maximum absolute atomic E-state index is 11.4. The van der Waals surface area contributed by atoms with Crippen LogP contribution in [-0.2, 0) is 4.74 Å². The van der Waals surface area contributed by atoms with E-state index in [1.165, 1.54) is 0 Å². The van der Waals surface area contributed by atoms with Crippen LogP contribution in [0, 0.1) is 0 Å². The van der Waals surface area contributed by atoms with Gasteiger partial charge in [0.25, 0.3) is 0 Å². The number of alkyl carbamates (subject to hydrolysis) is 1. The molecule has 0 aromatic rings. The van der Waals surface area contributed by atoms with E-state index in [0.29, 0.717) is 0 Å². The lowest BCUT2D eigenvalue weighted by molar-refractivity contribution is 0.0494. The lowest BCUT2D eigenvalue weighted by atomic mass is 10.1. The second-order valence-corrected chi connectivity index (χ2v) is 4.78. The van der Waals surface area contributed by atoms with Crippen LogP contribution < -0.4 is 10.6 Å².